The van der Waals surface area contributed by atoms with Crippen LogP contribution in [0.15, 0.2) is 53.4 Å². The summed E-state index contributed by atoms with van der Waals surface area (Å²) in [5.41, 5.74) is 0.815. The largest absolute Gasteiger partial charge is 0.497 e. The minimum absolute atomic E-state index is 0.0240. The molecule has 0 radical (unpaired) electrons. The van der Waals surface area contributed by atoms with E-state index in [0.29, 0.717) is 56.1 Å². The van der Waals surface area contributed by atoms with Crippen LogP contribution in [0.4, 0.5) is 18.9 Å². The molecular formula is C26H32F3N3O8S. The van der Waals surface area contributed by atoms with Crippen molar-refractivity contribution < 1.29 is 50.6 Å². The Balaban J connectivity index is 0.000000745. The standard InChI is InChI=1S/C24H31N3O6S.C2HF3O2/c1-32-16-4-13-25-23(28)18-11-14-27(15-12-18)24(29)19-7-9-20(10-8-19)26-34(30,31)22-6-3-5-21(17-22)33-2;3-2(4,5)1(6)7/h3,5-10,17-18,26H,4,11-16H2,1-2H3,(H,25,28);(H,6,7). The van der Waals surface area contributed by atoms with Crippen molar-refractivity contribution in [3.63, 3.8) is 0 Å². The molecule has 3 N–H and O–H groups in total. The molecule has 2 aromatic rings. The summed E-state index contributed by atoms with van der Waals surface area (Å²) >= 11 is 0. The highest BCUT2D eigenvalue weighted by atomic mass is 32.2. The van der Waals surface area contributed by atoms with E-state index in [9.17, 15) is 31.2 Å². The maximum absolute atomic E-state index is 12.9. The highest BCUT2D eigenvalue weighted by molar-refractivity contribution is 7.92. The molecule has 2 aromatic carbocycles. The van der Waals surface area contributed by atoms with Crippen molar-refractivity contribution in [3.8, 4) is 5.75 Å². The number of nitrogens with one attached hydrogen (secondary N) is 2. The first-order valence-corrected chi connectivity index (χ1v) is 13.9. The molecule has 15 heteroatoms. The zero-order valence-corrected chi connectivity index (χ0v) is 23.3. The van der Waals surface area contributed by atoms with Crippen LogP contribution in [0.1, 0.15) is 29.6 Å². The van der Waals surface area contributed by atoms with Gasteiger partial charge in [-0.1, -0.05) is 6.07 Å². The number of benzene rings is 2. The fraction of sp³-hybridized carbons (Fsp3) is 0.423. The molecule has 0 saturated carbocycles. The normalized spacial score (nSPS) is 13.9. The highest BCUT2D eigenvalue weighted by Gasteiger charge is 2.38. The summed E-state index contributed by atoms with van der Waals surface area (Å²) in [5, 5.41) is 10.0. The molecule has 0 aromatic heterocycles. The Labute approximate surface area is 235 Å². The van der Waals surface area contributed by atoms with Gasteiger partial charge in [0.2, 0.25) is 5.91 Å². The van der Waals surface area contributed by atoms with Gasteiger partial charge in [0, 0.05) is 56.6 Å². The number of anilines is 1. The number of nitrogens with zero attached hydrogens (tertiary/aromatic N) is 1. The van der Waals surface area contributed by atoms with Gasteiger partial charge in [-0.2, -0.15) is 13.2 Å². The van der Waals surface area contributed by atoms with Gasteiger partial charge in [-0.15, -0.1) is 0 Å². The Kier molecular flexibility index (Phi) is 12.4. The van der Waals surface area contributed by atoms with Crippen molar-refractivity contribution >= 4 is 33.5 Å². The number of carboxylic acids is 1. The molecule has 1 saturated heterocycles. The van der Waals surface area contributed by atoms with Crippen molar-refractivity contribution in [1.82, 2.24) is 10.2 Å². The van der Waals surface area contributed by atoms with Gasteiger partial charge in [0.1, 0.15) is 5.75 Å². The average molecular weight is 604 g/mol. The number of ether oxygens (including phenoxy) is 2. The van der Waals surface area contributed by atoms with Gasteiger partial charge >= 0.3 is 12.1 Å². The maximum Gasteiger partial charge on any atom is 0.490 e. The molecule has 1 aliphatic rings. The lowest BCUT2D eigenvalue weighted by Gasteiger charge is -2.31. The number of piperidine rings is 1. The lowest BCUT2D eigenvalue weighted by atomic mass is 9.95. The van der Waals surface area contributed by atoms with Crippen LogP contribution in [-0.4, -0.2) is 82.8 Å². The van der Waals surface area contributed by atoms with E-state index < -0.39 is 22.2 Å². The Bertz CT molecular complexity index is 1280. The molecule has 1 aliphatic heterocycles. The quantitative estimate of drug-likeness (QED) is 0.351. The number of halogens is 3. The first-order valence-electron chi connectivity index (χ1n) is 12.4. The Morgan fingerprint density at radius 1 is 1.05 bits per heavy atom. The molecule has 226 valence electrons. The number of aliphatic carboxylic acids is 1. The van der Waals surface area contributed by atoms with Gasteiger partial charge in [0.25, 0.3) is 15.9 Å². The second kappa shape index (κ2) is 15.2. The van der Waals surface area contributed by atoms with E-state index in [2.05, 4.69) is 10.0 Å². The van der Waals surface area contributed by atoms with E-state index in [0.717, 1.165) is 6.42 Å². The van der Waals surface area contributed by atoms with Crippen molar-refractivity contribution in [2.75, 3.05) is 45.2 Å². The molecule has 0 unspecified atom stereocenters. The molecule has 41 heavy (non-hydrogen) atoms. The number of alkyl halides is 3. The number of sulfonamides is 1. The summed E-state index contributed by atoms with van der Waals surface area (Å²) < 4.78 is 69.6. The predicted octanol–water partition coefficient (Wildman–Crippen LogP) is 3.13. The number of likely N-dealkylation sites (tertiary alicyclic amines) is 1. The third-order valence-corrected chi connectivity index (χ3v) is 7.33. The van der Waals surface area contributed by atoms with Crippen molar-refractivity contribution in [2.24, 2.45) is 5.92 Å². The van der Waals surface area contributed by atoms with E-state index in [1.165, 1.54) is 19.2 Å². The number of carbonyl (C=O) groups excluding carboxylic acids is 2. The van der Waals surface area contributed by atoms with E-state index >= 15 is 0 Å². The molecular weight excluding hydrogens is 571 g/mol. The minimum Gasteiger partial charge on any atom is -0.497 e. The zero-order chi connectivity index (χ0) is 30.6. The maximum atomic E-state index is 12.9. The molecule has 1 heterocycles. The molecule has 0 spiro atoms. The van der Waals surface area contributed by atoms with Gasteiger partial charge in [-0.3, -0.25) is 14.3 Å². The Morgan fingerprint density at radius 2 is 1.66 bits per heavy atom. The van der Waals surface area contributed by atoms with Gasteiger partial charge in [0.05, 0.1) is 12.0 Å². The summed E-state index contributed by atoms with van der Waals surface area (Å²) in [7, 11) is -0.697. The summed E-state index contributed by atoms with van der Waals surface area (Å²) in [4.78, 5) is 35.9. The SMILES string of the molecule is COCCCNC(=O)C1CCN(C(=O)c2ccc(NS(=O)(=O)c3cccc(OC)c3)cc2)CC1.O=C(O)C(F)(F)F. The molecule has 3 rings (SSSR count). The number of hydrogen-bond donors (Lipinski definition) is 3. The minimum atomic E-state index is -5.08. The number of amides is 2. The number of rotatable bonds is 10. The molecule has 11 nitrogen and oxygen atoms in total. The van der Waals surface area contributed by atoms with E-state index in [1.54, 1.807) is 48.4 Å². The number of methoxy groups -OCH3 is 2. The summed E-state index contributed by atoms with van der Waals surface area (Å²) in [6.07, 6.45) is -3.09. The van der Waals surface area contributed by atoms with E-state index in [4.69, 9.17) is 19.4 Å². The Hall–Kier alpha value is -3.85. The van der Waals surface area contributed by atoms with Crippen LogP contribution in [0.3, 0.4) is 0 Å². The van der Waals surface area contributed by atoms with Crippen LogP contribution in [0.5, 0.6) is 5.75 Å². The van der Waals surface area contributed by atoms with Crippen LogP contribution in [-0.2, 0) is 24.3 Å². The first-order chi connectivity index (χ1) is 19.3. The van der Waals surface area contributed by atoms with Gasteiger partial charge in [-0.05, 0) is 55.7 Å². The molecule has 0 atom stereocenters. The topological polar surface area (TPSA) is 151 Å². The lowest BCUT2D eigenvalue weighted by Crippen LogP contribution is -2.43. The van der Waals surface area contributed by atoms with Gasteiger partial charge in [0.15, 0.2) is 0 Å². The van der Waals surface area contributed by atoms with Crippen LogP contribution in [0.2, 0.25) is 0 Å². The number of hydrogen-bond acceptors (Lipinski definition) is 7. The summed E-state index contributed by atoms with van der Waals surface area (Å²) in [6.45, 7) is 2.19. The van der Waals surface area contributed by atoms with E-state index in [-0.39, 0.29) is 22.6 Å². The molecule has 0 bridgehead atoms. The summed E-state index contributed by atoms with van der Waals surface area (Å²) in [6, 6.07) is 12.5. The second-order valence-electron chi connectivity index (χ2n) is 8.87. The summed E-state index contributed by atoms with van der Waals surface area (Å²) in [5.74, 6) is -2.53. The number of carbonyl (C=O) groups is 3. The third-order valence-electron chi connectivity index (χ3n) is 5.96. The van der Waals surface area contributed by atoms with Gasteiger partial charge < -0.3 is 24.8 Å². The smallest absolute Gasteiger partial charge is 0.490 e. The van der Waals surface area contributed by atoms with Crippen molar-refractivity contribution in [2.45, 2.75) is 30.3 Å². The van der Waals surface area contributed by atoms with Crippen LogP contribution >= 0.6 is 0 Å². The predicted molar refractivity (Wildman–Crippen MR) is 142 cm³/mol. The molecule has 1 fully saturated rings. The monoisotopic (exact) mass is 603 g/mol. The molecule has 0 aliphatic carbocycles. The van der Waals surface area contributed by atoms with Crippen LogP contribution in [0, 0.1) is 5.92 Å². The Morgan fingerprint density at radius 3 is 2.20 bits per heavy atom. The number of carboxylic acid groups (broad SMARTS) is 1. The average Bonchev–Trinajstić information content (AvgIpc) is 2.95. The fourth-order valence-corrected chi connectivity index (χ4v) is 4.86. The first kappa shape index (κ1) is 33.4. The second-order valence-corrected chi connectivity index (χ2v) is 10.6. The lowest BCUT2D eigenvalue weighted by molar-refractivity contribution is -0.192. The van der Waals surface area contributed by atoms with Crippen molar-refractivity contribution in [3.05, 3.63) is 54.1 Å². The fourth-order valence-electron chi connectivity index (χ4n) is 3.76. The zero-order valence-electron chi connectivity index (χ0n) is 22.4. The van der Waals surface area contributed by atoms with Crippen LogP contribution in [0.25, 0.3) is 0 Å². The van der Waals surface area contributed by atoms with Crippen molar-refractivity contribution in [1.29, 1.82) is 0 Å². The third kappa shape index (κ3) is 10.6. The molecule has 2 amide bonds. The van der Waals surface area contributed by atoms with Gasteiger partial charge in [-0.25, -0.2) is 13.2 Å². The van der Waals surface area contributed by atoms with Crippen LogP contribution < -0.4 is 14.8 Å². The van der Waals surface area contributed by atoms with E-state index in [1.807, 2.05) is 0 Å². The highest BCUT2D eigenvalue weighted by Crippen LogP contribution is 2.23.